The molecule has 6 heteroatoms. The lowest BCUT2D eigenvalue weighted by Gasteiger charge is -2.42. The molecule has 1 unspecified atom stereocenters. The van der Waals surface area contributed by atoms with Crippen LogP contribution in [0.4, 0.5) is 10.2 Å². The van der Waals surface area contributed by atoms with Gasteiger partial charge >= 0.3 is 0 Å². The molecule has 3 aromatic rings. The Bertz CT molecular complexity index is 769. The molecule has 1 aromatic carbocycles. The van der Waals surface area contributed by atoms with Gasteiger partial charge in [0.05, 0.1) is 6.04 Å². The molecule has 0 spiro atoms. The number of fused-ring (bicyclic) bond motifs is 1. The van der Waals surface area contributed by atoms with Gasteiger partial charge in [0, 0.05) is 24.5 Å². The molecule has 1 atom stereocenters. The Kier molecular flexibility index (Phi) is 2.42. The number of benzene rings is 1. The molecule has 1 saturated heterocycles. The van der Waals surface area contributed by atoms with Crippen molar-refractivity contribution in [3.8, 4) is 0 Å². The molecule has 0 saturated carbocycles. The zero-order valence-corrected chi connectivity index (χ0v) is 10.6. The molecule has 0 aliphatic carbocycles. The van der Waals surface area contributed by atoms with E-state index in [0.29, 0.717) is 11.2 Å². The lowest BCUT2D eigenvalue weighted by atomic mass is 9.94. The van der Waals surface area contributed by atoms with Gasteiger partial charge in [-0.2, -0.15) is 0 Å². The smallest absolute Gasteiger partial charge is 0.203 e. The fraction of sp³-hybridized carbons (Fsp3) is 0.214. The van der Waals surface area contributed by atoms with Crippen molar-refractivity contribution in [3.05, 3.63) is 54.4 Å². The maximum Gasteiger partial charge on any atom is 0.203 e. The molecule has 1 fully saturated rings. The van der Waals surface area contributed by atoms with Crippen molar-refractivity contribution in [3.63, 3.8) is 0 Å². The van der Waals surface area contributed by atoms with E-state index in [2.05, 4.69) is 20.1 Å². The number of nitrogens with zero attached hydrogens (tertiary/aromatic N) is 5. The molecule has 0 radical (unpaired) electrons. The highest BCUT2D eigenvalue weighted by Crippen LogP contribution is 2.38. The minimum atomic E-state index is -0.171. The van der Waals surface area contributed by atoms with E-state index in [1.54, 1.807) is 24.8 Å². The lowest BCUT2D eigenvalue weighted by molar-refractivity contribution is 0.441. The summed E-state index contributed by atoms with van der Waals surface area (Å²) >= 11 is 0. The van der Waals surface area contributed by atoms with Gasteiger partial charge in [-0.3, -0.25) is 4.40 Å². The van der Waals surface area contributed by atoms with Gasteiger partial charge in [-0.15, -0.1) is 10.2 Å². The summed E-state index contributed by atoms with van der Waals surface area (Å²) in [7, 11) is 0. The second-order valence-electron chi connectivity index (χ2n) is 4.83. The van der Waals surface area contributed by atoms with Crippen LogP contribution in [-0.4, -0.2) is 26.1 Å². The van der Waals surface area contributed by atoms with E-state index in [1.807, 2.05) is 16.5 Å². The van der Waals surface area contributed by atoms with Gasteiger partial charge in [0.25, 0.3) is 0 Å². The van der Waals surface area contributed by atoms with Crippen LogP contribution >= 0.6 is 0 Å². The standard InChI is InChI=1S/C14H12FN5/c15-11-4-2-1-3-10(11)12-5-7-20(12)13-14-18-17-9-19(14)8-6-16-13/h1-4,6,8-9,12H,5,7H2. The fourth-order valence-corrected chi connectivity index (χ4v) is 2.66. The second-order valence-corrected chi connectivity index (χ2v) is 4.83. The van der Waals surface area contributed by atoms with Gasteiger partial charge in [-0.1, -0.05) is 18.2 Å². The van der Waals surface area contributed by atoms with E-state index in [0.717, 1.165) is 18.8 Å². The summed E-state index contributed by atoms with van der Waals surface area (Å²) in [5.74, 6) is 0.583. The highest BCUT2D eigenvalue weighted by molar-refractivity contribution is 5.65. The summed E-state index contributed by atoms with van der Waals surface area (Å²) in [6.07, 6.45) is 6.06. The molecule has 1 aliphatic heterocycles. The van der Waals surface area contributed by atoms with Crippen LogP contribution in [-0.2, 0) is 0 Å². The first kappa shape index (κ1) is 11.3. The number of hydrogen-bond acceptors (Lipinski definition) is 4. The number of anilines is 1. The Morgan fingerprint density at radius 2 is 2.15 bits per heavy atom. The second kappa shape index (κ2) is 4.26. The number of hydrogen-bond donors (Lipinski definition) is 0. The topological polar surface area (TPSA) is 46.3 Å². The average molecular weight is 269 g/mol. The molecular weight excluding hydrogens is 257 g/mol. The van der Waals surface area contributed by atoms with E-state index in [4.69, 9.17) is 0 Å². The predicted molar refractivity (Wildman–Crippen MR) is 71.9 cm³/mol. The summed E-state index contributed by atoms with van der Waals surface area (Å²) in [4.78, 5) is 6.46. The van der Waals surface area contributed by atoms with Crippen molar-refractivity contribution in [2.24, 2.45) is 0 Å². The Labute approximate surface area is 114 Å². The summed E-state index contributed by atoms with van der Waals surface area (Å²) in [6, 6.07) is 6.92. The maximum atomic E-state index is 13.9. The van der Waals surface area contributed by atoms with Gasteiger partial charge in [-0.05, 0) is 12.5 Å². The van der Waals surface area contributed by atoms with E-state index < -0.39 is 0 Å². The Balaban J connectivity index is 1.77. The van der Waals surface area contributed by atoms with Crippen LogP contribution in [0.1, 0.15) is 18.0 Å². The van der Waals surface area contributed by atoms with Gasteiger partial charge in [0.2, 0.25) is 5.65 Å². The molecule has 0 N–H and O–H groups in total. The van der Waals surface area contributed by atoms with E-state index >= 15 is 0 Å². The Morgan fingerprint density at radius 3 is 2.95 bits per heavy atom. The predicted octanol–water partition coefficient (Wildman–Crippen LogP) is 2.21. The highest BCUT2D eigenvalue weighted by Gasteiger charge is 2.33. The molecule has 1 aliphatic rings. The third kappa shape index (κ3) is 1.57. The molecule has 20 heavy (non-hydrogen) atoms. The Morgan fingerprint density at radius 1 is 1.25 bits per heavy atom. The summed E-state index contributed by atoms with van der Waals surface area (Å²) < 4.78 is 15.7. The van der Waals surface area contributed by atoms with Crippen LogP contribution in [0.15, 0.2) is 43.0 Å². The van der Waals surface area contributed by atoms with Crippen LogP contribution in [0.2, 0.25) is 0 Å². The van der Waals surface area contributed by atoms with Crippen LogP contribution in [0, 0.1) is 5.82 Å². The summed E-state index contributed by atoms with van der Waals surface area (Å²) in [6.45, 7) is 0.846. The monoisotopic (exact) mass is 269 g/mol. The molecule has 5 nitrogen and oxygen atoms in total. The minimum absolute atomic E-state index is 0.0200. The van der Waals surface area contributed by atoms with Crippen LogP contribution in [0.3, 0.4) is 0 Å². The van der Waals surface area contributed by atoms with Crippen LogP contribution in [0.5, 0.6) is 0 Å². The van der Waals surface area contributed by atoms with Gasteiger partial charge in [0.15, 0.2) is 5.82 Å². The Hall–Kier alpha value is -2.50. The molecule has 4 rings (SSSR count). The molecule has 100 valence electrons. The zero-order chi connectivity index (χ0) is 13.5. The first-order valence-corrected chi connectivity index (χ1v) is 6.50. The van der Waals surface area contributed by atoms with Crippen LogP contribution < -0.4 is 4.90 Å². The van der Waals surface area contributed by atoms with Crippen molar-refractivity contribution >= 4 is 11.5 Å². The molecular formula is C14H12FN5. The fourth-order valence-electron chi connectivity index (χ4n) is 2.66. The van der Waals surface area contributed by atoms with Gasteiger partial charge in [0.1, 0.15) is 12.1 Å². The average Bonchev–Trinajstić information content (AvgIpc) is 2.89. The van der Waals surface area contributed by atoms with Crippen LogP contribution in [0.25, 0.3) is 5.65 Å². The lowest BCUT2D eigenvalue weighted by Crippen LogP contribution is -2.42. The normalized spacial score (nSPS) is 18.2. The van der Waals surface area contributed by atoms with Gasteiger partial charge < -0.3 is 4.90 Å². The summed E-state index contributed by atoms with van der Waals surface area (Å²) in [5, 5.41) is 7.98. The molecule has 2 aromatic heterocycles. The molecule has 0 amide bonds. The highest BCUT2D eigenvalue weighted by atomic mass is 19.1. The minimum Gasteiger partial charge on any atom is -0.346 e. The van der Waals surface area contributed by atoms with Crippen molar-refractivity contribution in [2.75, 3.05) is 11.4 Å². The third-order valence-corrected chi connectivity index (χ3v) is 3.75. The van der Waals surface area contributed by atoms with E-state index in [1.165, 1.54) is 6.07 Å². The van der Waals surface area contributed by atoms with E-state index in [-0.39, 0.29) is 11.9 Å². The van der Waals surface area contributed by atoms with Gasteiger partial charge in [-0.25, -0.2) is 9.37 Å². The van der Waals surface area contributed by atoms with E-state index in [9.17, 15) is 4.39 Å². The number of aromatic nitrogens is 4. The largest absolute Gasteiger partial charge is 0.346 e. The summed E-state index contributed by atoms with van der Waals surface area (Å²) in [5.41, 5.74) is 1.41. The van der Waals surface area contributed by atoms with Crippen molar-refractivity contribution in [2.45, 2.75) is 12.5 Å². The number of halogens is 1. The first-order chi connectivity index (χ1) is 9.84. The van der Waals surface area contributed by atoms with Crippen molar-refractivity contribution in [1.82, 2.24) is 19.6 Å². The quantitative estimate of drug-likeness (QED) is 0.715. The number of rotatable bonds is 2. The zero-order valence-electron chi connectivity index (χ0n) is 10.6. The molecule has 0 bridgehead atoms. The van der Waals surface area contributed by atoms with Crippen molar-refractivity contribution in [1.29, 1.82) is 0 Å². The SMILES string of the molecule is Fc1ccccc1C1CCN1c1nccn2cnnc12. The maximum absolute atomic E-state index is 13.9. The van der Waals surface area contributed by atoms with Crippen molar-refractivity contribution < 1.29 is 4.39 Å². The molecule has 3 heterocycles. The third-order valence-electron chi connectivity index (χ3n) is 3.75. The first-order valence-electron chi connectivity index (χ1n) is 6.50.